The zero-order valence-corrected chi connectivity index (χ0v) is 15.5. The highest BCUT2D eigenvalue weighted by atomic mass is 32.2. The van der Waals surface area contributed by atoms with Crippen LogP contribution >= 0.6 is 11.8 Å². The van der Waals surface area contributed by atoms with Crippen LogP contribution in [0.4, 0.5) is 0 Å². The standard InChI is InChI=1S/C16H20N4O3S2/c1-2-20(13-8-9-25(22,23)11-13)14(21)10-24-16-17-15(18-19-16)12-6-4-3-5-7-12/h3-7,13H,2,8-11H2,1H3,(H,17,18,19)/t13-/m1/s1. The number of thioether (sulfide) groups is 1. The summed E-state index contributed by atoms with van der Waals surface area (Å²) in [6.07, 6.45) is 0.519. The molecule has 7 nitrogen and oxygen atoms in total. The number of H-pyrrole nitrogens is 1. The van der Waals surface area contributed by atoms with Crippen LogP contribution in [0.5, 0.6) is 0 Å². The number of amides is 1. The Kier molecular flexibility index (Phi) is 5.43. The summed E-state index contributed by atoms with van der Waals surface area (Å²) in [5.74, 6) is 0.994. The van der Waals surface area contributed by atoms with E-state index in [4.69, 9.17) is 0 Å². The highest BCUT2D eigenvalue weighted by Gasteiger charge is 2.33. The van der Waals surface area contributed by atoms with Gasteiger partial charge in [0.15, 0.2) is 15.7 Å². The van der Waals surface area contributed by atoms with Crippen LogP contribution in [-0.2, 0) is 14.6 Å². The molecule has 25 heavy (non-hydrogen) atoms. The zero-order chi connectivity index (χ0) is 17.9. The maximum absolute atomic E-state index is 12.5. The summed E-state index contributed by atoms with van der Waals surface area (Å²) in [5.41, 5.74) is 0.930. The van der Waals surface area contributed by atoms with Gasteiger partial charge >= 0.3 is 0 Å². The van der Waals surface area contributed by atoms with Crippen LogP contribution in [0.15, 0.2) is 35.5 Å². The second kappa shape index (κ2) is 7.57. The van der Waals surface area contributed by atoms with Crippen LogP contribution < -0.4 is 0 Å². The van der Waals surface area contributed by atoms with Crippen LogP contribution in [0.3, 0.4) is 0 Å². The number of benzene rings is 1. The highest BCUT2D eigenvalue weighted by Crippen LogP contribution is 2.22. The van der Waals surface area contributed by atoms with Crippen LogP contribution in [0.25, 0.3) is 11.4 Å². The van der Waals surface area contributed by atoms with Crippen molar-refractivity contribution in [3.63, 3.8) is 0 Å². The van der Waals surface area contributed by atoms with E-state index in [0.29, 0.717) is 23.9 Å². The number of carbonyl (C=O) groups is 1. The molecule has 1 N–H and O–H groups in total. The van der Waals surface area contributed by atoms with Crippen LogP contribution in [0.2, 0.25) is 0 Å². The van der Waals surface area contributed by atoms with Gasteiger partial charge in [0.05, 0.1) is 17.3 Å². The smallest absolute Gasteiger partial charge is 0.233 e. The van der Waals surface area contributed by atoms with E-state index in [9.17, 15) is 13.2 Å². The molecule has 0 bridgehead atoms. The van der Waals surface area contributed by atoms with E-state index >= 15 is 0 Å². The maximum atomic E-state index is 12.5. The summed E-state index contributed by atoms with van der Waals surface area (Å²) in [5, 5.41) is 7.50. The summed E-state index contributed by atoms with van der Waals surface area (Å²) in [4.78, 5) is 18.5. The summed E-state index contributed by atoms with van der Waals surface area (Å²) in [6, 6.07) is 9.41. The third-order valence-electron chi connectivity index (χ3n) is 4.15. The molecule has 0 radical (unpaired) electrons. The SMILES string of the molecule is CCN(C(=O)CSc1n[nH]c(-c2ccccc2)n1)[C@@H]1CCS(=O)(=O)C1. The zero-order valence-electron chi connectivity index (χ0n) is 13.9. The van der Waals surface area contributed by atoms with E-state index in [1.807, 2.05) is 37.3 Å². The fourth-order valence-electron chi connectivity index (χ4n) is 2.90. The third-order valence-corrected chi connectivity index (χ3v) is 6.73. The first kappa shape index (κ1) is 17.9. The van der Waals surface area contributed by atoms with Gasteiger partial charge in [0.2, 0.25) is 11.1 Å². The lowest BCUT2D eigenvalue weighted by molar-refractivity contribution is -0.129. The van der Waals surface area contributed by atoms with Crippen molar-refractivity contribution in [2.45, 2.75) is 24.5 Å². The average Bonchev–Trinajstić information content (AvgIpc) is 3.21. The van der Waals surface area contributed by atoms with Gasteiger partial charge < -0.3 is 4.90 Å². The third kappa shape index (κ3) is 4.40. The van der Waals surface area contributed by atoms with Gasteiger partial charge in [0.25, 0.3) is 0 Å². The van der Waals surface area contributed by atoms with Gasteiger partial charge in [-0.1, -0.05) is 42.1 Å². The minimum Gasteiger partial charge on any atom is -0.338 e. The van der Waals surface area contributed by atoms with Crippen molar-refractivity contribution in [2.24, 2.45) is 0 Å². The molecule has 0 saturated carbocycles. The number of nitrogens with one attached hydrogen (secondary N) is 1. The molecular formula is C16H20N4O3S2. The van der Waals surface area contributed by atoms with Gasteiger partial charge in [-0.05, 0) is 13.3 Å². The van der Waals surface area contributed by atoms with Crippen LogP contribution in [0.1, 0.15) is 13.3 Å². The van der Waals surface area contributed by atoms with Crippen molar-refractivity contribution < 1.29 is 13.2 Å². The van der Waals surface area contributed by atoms with Crippen molar-refractivity contribution >= 4 is 27.5 Å². The Hall–Kier alpha value is -1.87. The molecule has 134 valence electrons. The second-order valence-corrected chi connectivity index (χ2v) is 9.03. The highest BCUT2D eigenvalue weighted by molar-refractivity contribution is 7.99. The van der Waals surface area contributed by atoms with Gasteiger partial charge in [-0.2, -0.15) is 0 Å². The maximum Gasteiger partial charge on any atom is 0.233 e. The molecule has 1 aromatic carbocycles. The summed E-state index contributed by atoms with van der Waals surface area (Å²) >= 11 is 1.25. The number of aromatic nitrogens is 3. The number of sulfone groups is 1. The number of hydrogen-bond acceptors (Lipinski definition) is 6. The molecule has 0 unspecified atom stereocenters. The molecule has 1 atom stereocenters. The molecule has 1 aliphatic rings. The molecule has 3 rings (SSSR count). The molecule has 2 heterocycles. The van der Waals surface area contributed by atoms with E-state index in [-0.39, 0.29) is 29.2 Å². The van der Waals surface area contributed by atoms with E-state index in [2.05, 4.69) is 15.2 Å². The molecule has 0 spiro atoms. The predicted octanol–water partition coefficient (Wildman–Crippen LogP) is 1.60. The fourth-order valence-corrected chi connectivity index (χ4v) is 5.32. The Morgan fingerprint density at radius 2 is 2.12 bits per heavy atom. The topological polar surface area (TPSA) is 96.0 Å². The van der Waals surface area contributed by atoms with Crippen LogP contribution in [0, 0.1) is 0 Å². The van der Waals surface area contributed by atoms with Gasteiger partial charge in [0.1, 0.15) is 0 Å². The van der Waals surface area contributed by atoms with Gasteiger partial charge in [-0.25, -0.2) is 13.4 Å². The van der Waals surface area contributed by atoms with Crippen molar-refractivity contribution in [3.8, 4) is 11.4 Å². The average molecular weight is 380 g/mol. The number of rotatable bonds is 6. The molecule has 1 saturated heterocycles. The lowest BCUT2D eigenvalue weighted by Crippen LogP contribution is -2.41. The minimum absolute atomic E-state index is 0.0655. The van der Waals surface area contributed by atoms with Gasteiger partial charge in [0, 0.05) is 18.2 Å². The first-order valence-electron chi connectivity index (χ1n) is 8.09. The summed E-state index contributed by atoms with van der Waals surface area (Å²) in [6.45, 7) is 2.37. The number of carbonyl (C=O) groups excluding carboxylic acids is 1. The largest absolute Gasteiger partial charge is 0.338 e. The van der Waals surface area contributed by atoms with Crippen molar-refractivity contribution in [1.29, 1.82) is 0 Å². The molecule has 2 aromatic rings. The Morgan fingerprint density at radius 1 is 1.36 bits per heavy atom. The number of aromatic amines is 1. The molecule has 1 amide bonds. The Bertz CT molecular complexity index is 836. The normalized spacial score (nSPS) is 19.0. The van der Waals surface area contributed by atoms with E-state index in [1.165, 1.54) is 11.8 Å². The molecule has 1 fully saturated rings. The molecule has 1 aliphatic heterocycles. The predicted molar refractivity (Wildman–Crippen MR) is 97.0 cm³/mol. The minimum atomic E-state index is -3.01. The Balaban J connectivity index is 1.59. The van der Waals surface area contributed by atoms with Crippen molar-refractivity contribution in [3.05, 3.63) is 30.3 Å². The lowest BCUT2D eigenvalue weighted by atomic mass is 10.2. The molecule has 1 aromatic heterocycles. The van der Waals surface area contributed by atoms with Crippen molar-refractivity contribution in [1.82, 2.24) is 20.1 Å². The number of hydrogen-bond donors (Lipinski definition) is 1. The van der Waals surface area contributed by atoms with E-state index in [1.54, 1.807) is 4.90 Å². The Labute approximate surface area is 151 Å². The van der Waals surface area contributed by atoms with Crippen molar-refractivity contribution in [2.75, 3.05) is 23.8 Å². The molecular weight excluding hydrogens is 360 g/mol. The second-order valence-electron chi connectivity index (χ2n) is 5.86. The van der Waals surface area contributed by atoms with Gasteiger partial charge in [-0.3, -0.25) is 9.89 Å². The molecule has 0 aliphatic carbocycles. The Morgan fingerprint density at radius 3 is 2.76 bits per heavy atom. The summed E-state index contributed by atoms with van der Waals surface area (Å²) < 4.78 is 23.3. The quantitative estimate of drug-likeness (QED) is 0.765. The molecule has 9 heteroatoms. The lowest BCUT2D eigenvalue weighted by Gasteiger charge is -2.26. The van der Waals surface area contributed by atoms with E-state index < -0.39 is 9.84 Å². The first-order valence-corrected chi connectivity index (χ1v) is 10.9. The fraction of sp³-hybridized carbons (Fsp3) is 0.438. The number of nitrogens with zero attached hydrogens (tertiary/aromatic N) is 3. The van der Waals surface area contributed by atoms with Crippen LogP contribution in [-0.4, -0.2) is 64.3 Å². The first-order chi connectivity index (χ1) is 12.0. The van der Waals surface area contributed by atoms with Gasteiger partial charge in [-0.15, -0.1) is 5.10 Å². The summed E-state index contributed by atoms with van der Waals surface area (Å²) in [7, 11) is -3.01. The monoisotopic (exact) mass is 380 g/mol. The van der Waals surface area contributed by atoms with E-state index in [0.717, 1.165) is 5.56 Å².